The molecule has 0 bridgehead atoms. The molecule has 1 aromatic carbocycles. The summed E-state index contributed by atoms with van der Waals surface area (Å²) in [6.07, 6.45) is 5.30. The lowest BCUT2D eigenvalue weighted by Crippen LogP contribution is -2.49. The molecule has 0 aliphatic carbocycles. The smallest absolute Gasteiger partial charge is 0.410 e. The van der Waals surface area contributed by atoms with Crippen LogP contribution in [0.5, 0.6) is 0 Å². The molecule has 0 radical (unpaired) electrons. The van der Waals surface area contributed by atoms with Crippen LogP contribution in [0.4, 0.5) is 4.79 Å². The zero-order valence-electron chi connectivity index (χ0n) is 15.2. The predicted molar refractivity (Wildman–Crippen MR) is 96.6 cm³/mol. The van der Waals surface area contributed by atoms with E-state index in [2.05, 4.69) is 34.1 Å². The van der Waals surface area contributed by atoms with Gasteiger partial charge in [0.25, 0.3) is 0 Å². The summed E-state index contributed by atoms with van der Waals surface area (Å²) in [4.78, 5) is 20.3. The van der Waals surface area contributed by atoms with Crippen molar-refractivity contribution in [2.24, 2.45) is 0 Å². The lowest BCUT2D eigenvalue weighted by molar-refractivity contribution is 0.0139. The molecule has 1 saturated heterocycles. The van der Waals surface area contributed by atoms with Gasteiger partial charge in [0, 0.05) is 50.8 Å². The molecule has 1 aromatic heterocycles. The van der Waals surface area contributed by atoms with Crippen LogP contribution in [0.25, 0.3) is 5.69 Å². The number of carbonyl (C=O) groups excluding carboxylic acids is 1. The zero-order chi connectivity index (χ0) is 17.9. The van der Waals surface area contributed by atoms with Gasteiger partial charge in [0.2, 0.25) is 0 Å². The molecular formula is C19H26N4O2. The van der Waals surface area contributed by atoms with Crippen molar-refractivity contribution in [2.45, 2.75) is 32.9 Å². The first-order valence-electron chi connectivity index (χ1n) is 8.68. The van der Waals surface area contributed by atoms with Crippen LogP contribution in [0.15, 0.2) is 43.0 Å². The van der Waals surface area contributed by atoms with Crippen molar-refractivity contribution in [1.29, 1.82) is 0 Å². The molecule has 0 atom stereocenters. The van der Waals surface area contributed by atoms with Crippen molar-refractivity contribution in [3.05, 3.63) is 48.5 Å². The molecule has 0 N–H and O–H groups in total. The lowest BCUT2D eigenvalue weighted by atomic mass is 10.1. The second-order valence-electron chi connectivity index (χ2n) is 7.38. The van der Waals surface area contributed by atoms with Crippen molar-refractivity contribution in [2.75, 3.05) is 26.2 Å². The summed E-state index contributed by atoms with van der Waals surface area (Å²) in [5, 5.41) is 0. The topological polar surface area (TPSA) is 50.6 Å². The highest BCUT2D eigenvalue weighted by atomic mass is 16.6. The summed E-state index contributed by atoms with van der Waals surface area (Å²) in [6, 6.07) is 8.51. The van der Waals surface area contributed by atoms with Crippen LogP contribution in [0.2, 0.25) is 0 Å². The number of nitrogens with zero attached hydrogens (tertiary/aromatic N) is 4. The van der Waals surface area contributed by atoms with Crippen molar-refractivity contribution < 1.29 is 9.53 Å². The summed E-state index contributed by atoms with van der Waals surface area (Å²) in [5.74, 6) is 0. The molecule has 1 aliphatic rings. The Labute approximate surface area is 149 Å². The number of hydrogen-bond donors (Lipinski definition) is 0. The van der Waals surface area contributed by atoms with Crippen LogP contribution < -0.4 is 0 Å². The molecule has 1 aliphatic heterocycles. The normalized spacial score (nSPS) is 16.0. The molecule has 25 heavy (non-hydrogen) atoms. The molecule has 6 nitrogen and oxygen atoms in total. The fourth-order valence-electron chi connectivity index (χ4n) is 2.86. The van der Waals surface area contributed by atoms with E-state index in [-0.39, 0.29) is 6.09 Å². The first-order valence-corrected chi connectivity index (χ1v) is 8.68. The Morgan fingerprint density at radius 1 is 1.12 bits per heavy atom. The predicted octanol–water partition coefficient (Wildman–Crippen LogP) is 2.93. The van der Waals surface area contributed by atoms with Crippen LogP contribution in [0.3, 0.4) is 0 Å². The van der Waals surface area contributed by atoms with Crippen molar-refractivity contribution >= 4 is 6.09 Å². The van der Waals surface area contributed by atoms with Crippen LogP contribution >= 0.6 is 0 Å². The monoisotopic (exact) mass is 342 g/mol. The standard InChI is InChI=1S/C19H26N4O2/c1-19(2,3)25-18(24)22-12-10-21(11-13-22)14-16-4-6-17(7-5-16)23-9-8-20-15-23/h4-9,15H,10-14H2,1-3H3. The Morgan fingerprint density at radius 3 is 2.36 bits per heavy atom. The lowest BCUT2D eigenvalue weighted by Gasteiger charge is -2.35. The molecule has 0 saturated carbocycles. The number of rotatable bonds is 3. The minimum absolute atomic E-state index is 0.211. The fraction of sp³-hybridized carbons (Fsp3) is 0.474. The Balaban J connectivity index is 1.50. The second kappa shape index (κ2) is 7.27. The molecule has 1 fully saturated rings. The SMILES string of the molecule is CC(C)(C)OC(=O)N1CCN(Cc2ccc(-n3ccnc3)cc2)CC1. The second-order valence-corrected chi connectivity index (χ2v) is 7.38. The number of ether oxygens (including phenoxy) is 1. The number of hydrogen-bond acceptors (Lipinski definition) is 4. The van der Waals surface area contributed by atoms with Crippen LogP contribution in [-0.4, -0.2) is 57.2 Å². The van der Waals surface area contributed by atoms with Crippen LogP contribution in [0, 0.1) is 0 Å². The van der Waals surface area contributed by atoms with Gasteiger partial charge in [-0.25, -0.2) is 9.78 Å². The Morgan fingerprint density at radius 2 is 1.80 bits per heavy atom. The summed E-state index contributed by atoms with van der Waals surface area (Å²) in [6.45, 7) is 9.74. The number of aromatic nitrogens is 2. The maximum atomic E-state index is 12.1. The maximum Gasteiger partial charge on any atom is 0.410 e. The largest absolute Gasteiger partial charge is 0.444 e. The molecule has 2 heterocycles. The van der Waals surface area contributed by atoms with E-state index in [1.54, 1.807) is 17.4 Å². The Bertz CT molecular complexity index is 681. The van der Waals surface area contributed by atoms with Crippen molar-refractivity contribution in [1.82, 2.24) is 19.4 Å². The van der Waals surface area contributed by atoms with Gasteiger partial charge in [0.1, 0.15) is 5.60 Å². The molecule has 0 spiro atoms. The minimum atomic E-state index is -0.439. The molecule has 6 heteroatoms. The number of carbonyl (C=O) groups is 1. The van der Waals surface area contributed by atoms with Gasteiger partial charge in [-0.2, -0.15) is 0 Å². The van der Waals surface area contributed by atoms with E-state index in [1.807, 2.05) is 31.5 Å². The molecule has 134 valence electrons. The quantitative estimate of drug-likeness (QED) is 0.861. The maximum absolute atomic E-state index is 12.1. The highest BCUT2D eigenvalue weighted by Crippen LogP contribution is 2.15. The zero-order valence-corrected chi connectivity index (χ0v) is 15.2. The number of imidazole rings is 1. The highest BCUT2D eigenvalue weighted by molar-refractivity contribution is 5.68. The van der Waals surface area contributed by atoms with E-state index < -0.39 is 5.60 Å². The van der Waals surface area contributed by atoms with E-state index in [0.29, 0.717) is 13.1 Å². The van der Waals surface area contributed by atoms with Gasteiger partial charge in [0.15, 0.2) is 0 Å². The van der Waals surface area contributed by atoms with Crippen molar-refractivity contribution in [3.63, 3.8) is 0 Å². The first-order chi connectivity index (χ1) is 11.9. The van der Waals surface area contributed by atoms with Crippen molar-refractivity contribution in [3.8, 4) is 5.69 Å². The molecule has 2 aromatic rings. The van der Waals surface area contributed by atoms with Gasteiger partial charge < -0.3 is 14.2 Å². The fourth-order valence-corrected chi connectivity index (χ4v) is 2.86. The third-order valence-electron chi connectivity index (χ3n) is 4.17. The Hall–Kier alpha value is -2.34. The number of amides is 1. The minimum Gasteiger partial charge on any atom is -0.444 e. The van der Waals surface area contributed by atoms with Crippen LogP contribution in [0.1, 0.15) is 26.3 Å². The third kappa shape index (κ3) is 4.82. The molecular weight excluding hydrogens is 316 g/mol. The number of benzene rings is 1. The summed E-state index contributed by atoms with van der Waals surface area (Å²) in [7, 11) is 0. The first kappa shape index (κ1) is 17.5. The average Bonchev–Trinajstić information content (AvgIpc) is 3.09. The molecule has 3 rings (SSSR count). The molecule has 0 unspecified atom stereocenters. The summed E-state index contributed by atoms with van der Waals surface area (Å²) < 4.78 is 7.43. The summed E-state index contributed by atoms with van der Waals surface area (Å²) in [5.41, 5.74) is 1.94. The van der Waals surface area contributed by atoms with E-state index >= 15 is 0 Å². The van der Waals surface area contributed by atoms with E-state index in [4.69, 9.17) is 4.74 Å². The van der Waals surface area contributed by atoms with Gasteiger partial charge in [-0.15, -0.1) is 0 Å². The van der Waals surface area contributed by atoms with E-state index in [9.17, 15) is 4.79 Å². The summed E-state index contributed by atoms with van der Waals surface area (Å²) >= 11 is 0. The Kier molecular flexibility index (Phi) is 5.08. The van der Waals surface area contributed by atoms with Crippen LogP contribution in [-0.2, 0) is 11.3 Å². The average molecular weight is 342 g/mol. The number of piperazine rings is 1. The van der Waals surface area contributed by atoms with E-state index in [0.717, 1.165) is 25.3 Å². The van der Waals surface area contributed by atoms with E-state index in [1.165, 1.54) is 5.56 Å². The van der Waals surface area contributed by atoms with Gasteiger partial charge in [0.05, 0.1) is 6.33 Å². The van der Waals surface area contributed by atoms with Gasteiger partial charge >= 0.3 is 6.09 Å². The van der Waals surface area contributed by atoms with Gasteiger partial charge in [-0.1, -0.05) is 12.1 Å². The van der Waals surface area contributed by atoms with Gasteiger partial charge in [-0.05, 0) is 38.5 Å². The van der Waals surface area contributed by atoms with Gasteiger partial charge in [-0.3, -0.25) is 4.90 Å². The highest BCUT2D eigenvalue weighted by Gasteiger charge is 2.25. The third-order valence-corrected chi connectivity index (χ3v) is 4.17. The molecule has 1 amide bonds.